The first-order valence-corrected chi connectivity index (χ1v) is 25.5. The van der Waals surface area contributed by atoms with Crippen molar-refractivity contribution >= 4 is 91.6 Å². The van der Waals surface area contributed by atoms with Gasteiger partial charge in [-0.2, -0.15) is 0 Å². The molecule has 0 bridgehead atoms. The maximum absolute atomic E-state index is 14.0. The maximum Gasteiger partial charge on any atom is 0.415 e. The van der Waals surface area contributed by atoms with Crippen molar-refractivity contribution in [1.29, 1.82) is 0 Å². The minimum atomic E-state index is -1.99. The van der Waals surface area contributed by atoms with E-state index in [1.54, 1.807) is 23.1 Å². The lowest BCUT2D eigenvalue weighted by molar-refractivity contribution is -0.138. The minimum absolute atomic E-state index is 0. The predicted octanol–water partition coefficient (Wildman–Crippen LogP) is 5.58. The van der Waals surface area contributed by atoms with Gasteiger partial charge >= 0.3 is 30.1 Å². The molecule has 2 amide bonds. The highest BCUT2D eigenvalue weighted by molar-refractivity contribution is 8.15. The summed E-state index contributed by atoms with van der Waals surface area (Å²) in [7, 11) is -0.453. The number of hydrogen-bond donors (Lipinski definition) is 1. The number of carboxylic acid groups (broad SMARTS) is 1. The van der Waals surface area contributed by atoms with E-state index in [4.69, 9.17) is 18.9 Å². The quantitative estimate of drug-likeness (QED) is 0.0463. The molecule has 1 aliphatic rings. The number of ether oxygens (including phenoxy) is 4. The summed E-state index contributed by atoms with van der Waals surface area (Å²) in [6, 6.07) is 40.7. The van der Waals surface area contributed by atoms with Crippen LogP contribution in [-0.4, -0.2) is 99.7 Å². The van der Waals surface area contributed by atoms with E-state index in [1.165, 1.54) is 83.0 Å². The van der Waals surface area contributed by atoms with Gasteiger partial charge in [-0.15, -0.1) is 23.1 Å². The van der Waals surface area contributed by atoms with Gasteiger partial charge < -0.3 is 50.8 Å². The summed E-state index contributed by atoms with van der Waals surface area (Å²) in [5.74, 6) is -1.69. The fourth-order valence-electron chi connectivity index (χ4n) is 7.59. The van der Waals surface area contributed by atoms with Crippen molar-refractivity contribution in [2.24, 2.45) is 4.99 Å². The van der Waals surface area contributed by atoms with Gasteiger partial charge in [0.25, 0.3) is 0 Å². The van der Waals surface area contributed by atoms with Crippen LogP contribution in [-0.2, 0) is 14.4 Å². The Labute approximate surface area is 413 Å². The van der Waals surface area contributed by atoms with Crippen LogP contribution in [0.5, 0.6) is 23.0 Å². The Morgan fingerprint density at radius 3 is 1.81 bits per heavy atom. The highest BCUT2D eigenvalue weighted by Crippen LogP contribution is 2.56. The van der Waals surface area contributed by atoms with Crippen LogP contribution < -0.4 is 51.8 Å². The number of nitrogens with zero attached hydrogens (tertiary/aromatic N) is 4. The summed E-state index contributed by atoms with van der Waals surface area (Å²) >= 11 is 2.69. The number of fused-ring (bicyclic) bond motifs is 1. The number of aromatic nitrogens is 1. The summed E-state index contributed by atoms with van der Waals surface area (Å²) in [6.45, 7) is 2.96. The van der Waals surface area contributed by atoms with Crippen molar-refractivity contribution in [1.82, 2.24) is 14.8 Å². The molecule has 0 aliphatic carbocycles. The summed E-state index contributed by atoms with van der Waals surface area (Å²) < 4.78 is 22.6. The molecular weight excluding hydrogens is 992 g/mol. The number of carboxylic acids is 1. The fraction of sp³-hybridized carbons (Fsp3) is 0.260. The molecule has 1 aromatic heterocycles. The lowest BCUT2D eigenvalue weighted by atomic mass is 10.2. The Hall–Kier alpha value is -6.13. The lowest BCUT2D eigenvalue weighted by Crippen LogP contribution is -3.00. The summed E-state index contributed by atoms with van der Waals surface area (Å²) in [5.41, 5.74) is 0.665. The summed E-state index contributed by atoms with van der Waals surface area (Å²) in [6.07, 6.45) is 3.05. The number of amides is 2. The maximum atomic E-state index is 14.0. The predicted molar refractivity (Wildman–Crippen MR) is 264 cm³/mol. The van der Waals surface area contributed by atoms with Gasteiger partial charge in [0.15, 0.2) is 17.5 Å². The fourth-order valence-corrected chi connectivity index (χ4v) is 14.1. The molecular formula is C50H50BrN4O10PS2. The SMILES string of the molecule is CC(=O)Oc1ccc(OC(=O)N(C)CCN(CCCCCC[P+](c2ccccc2)(c2ccccc2)c2ccccc2)C(=O)Oc2ccc3nc(C4=N[C@@H](C(=O)O)CS4)sc3c2)cc1OC(C)=O.[Br-]. The number of unbranched alkanes of at least 4 members (excludes halogenated alkanes) is 3. The molecule has 0 unspecified atom stereocenters. The van der Waals surface area contributed by atoms with Crippen molar-refractivity contribution < 1.29 is 65.0 Å². The number of carbonyl (C=O) groups is 5. The van der Waals surface area contributed by atoms with E-state index in [0.717, 1.165) is 30.1 Å². The second-order valence-corrected chi connectivity index (χ2v) is 21.3. The van der Waals surface area contributed by atoms with E-state index in [0.29, 0.717) is 40.0 Å². The Morgan fingerprint density at radius 2 is 1.22 bits per heavy atom. The van der Waals surface area contributed by atoms with Crippen LogP contribution in [0, 0.1) is 0 Å². The molecule has 354 valence electrons. The molecule has 1 aliphatic heterocycles. The van der Waals surface area contributed by atoms with Crippen molar-refractivity contribution in [3.05, 3.63) is 132 Å². The van der Waals surface area contributed by atoms with Gasteiger partial charge in [0.2, 0.25) is 0 Å². The zero-order valence-electron chi connectivity index (χ0n) is 37.6. The van der Waals surface area contributed by atoms with Gasteiger partial charge in [0, 0.05) is 58.4 Å². The molecule has 14 nitrogen and oxygen atoms in total. The molecule has 0 saturated heterocycles. The molecule has 18 heteroatoms. The number of rotatable bonds is 19. The van der Waals surface area contributed by atoms with Gasteiger partial charge in [-0.05, 0) is 79.9 Å². The van der Waals surface area contributed by atoms with E-state index in [1.807, 2.05) is 0 Å². The molecule has 0 spiro atoms. The molecule has 0 fully saturated rings. The lowest BCUT2D eigenvalue weighted by Gasteiger charge is -2.28. The Bertz CT molecular complexity index is 2650. The number of thioether (sulfide) groups is 1. The Balaban J connectivity index is 0.00000761. The van der Waals surface area contributed by atoms with E-state index in [-0.39, 0.29) is 47.3 Å². The second-order valence-electron chi connectivity index (χ2n) is 15.6. The van der Waals surface area contributed by atoms with Crippen molar-refractivity contribution in [3.63, 3.8) is 0 Å². The number of hydrogen-bond acceptors (Lipinski definition) is 13. The number of likely N-dealkylation sites (N-methyl/N-ethyl adjacent to an activating group) is 1. The van der Waals surface area contributed by atoms with Gasteiger partial charge in [0.05, 0.1) is 16.4 Å². The van der Waals surface area contributed by atoms with Crippen molar-refractivity contribution in [2.75, 3.05) is 38.6 Å². The van der Waals surface area contributed by atoms with E-state index in [9.17, 15) is 29.1 Å². The van der Waals surface area contributed by atoms with E-state index in [2.05, 4.69) is 101 Å². The number of benzene rings is 5. The normalized spacial score (nSPS) is 13.2. The molecule has 5 aromatic carbocycles. The number of carbonyl (C=O) groups excluding carboxylic acids is 4. The molecule has 6 aromatic rings. The van der Waals surface area contributed by atoms with Crippen LogP contribution >= 0.6 is 30.4 Å². The van der Waals surface area contributed by atoms with Crippen LogP contribution in [0.2, 0.25) is 0 Å². The van der Waals surface area contributed by atoms with Crippen LogP contribution in [0.1, 0.15) is 44.5 Å². The number of thiazole rings is 1. The summed E-state index contributed by atoms with van der Waals surface area (Å²) in [5, 5.41) is 14.6. The van der Waals surface area contributed by atoms with E-state index >= 15 is 0 Å². The summed E-state index contributed by atoms with van der Waals surface area (Å²) in [4.78, 5) is 73.9. The van der Waals surface area contributed by atoms with Gasteiger partial charge in [-0.1, -0.05) is 61.0 Å². The standard InChI is InChI=1S/C50H49N4O10PS2.BrH/c1-34(55)61-43-26-24-36(31-44(43)62-35(2)56)63-49(59)53(3)28-29-54(50(60)64-37-23-25-41-45(32-37)67-47(51-41)46-52-42(33-66-46)48(57)58)27-15-4-5-16-30-65(38-17-9-6-10-18-38,39-19-11-7-12-20-39)40-21-13-8-14-22-40;/h6-14,17-26,31-32,42H,4-5,15-16,27-30,33H2,1-3H3;1H/t42-;/m1./s1. The van der Waals surface area contributed by atoms with Crippen LogP contribution in [0.15, 0.2) is 132 Å². The number of aliphatic carboxylic acids is 1. The minimum Gasteiger partial charge on any atom is -1.00 e. The van der Waals surface area contributed by atoms with Crippen LogP contribution in [0.3, 0.4) is 0 Å². The first kappa shape index (κ1) is 51.3. The Kier molecular flexibility index (Phi) is 18.3. The third-order valence-corrected chi connectivity index (χ3v) is 17.6. The first-order valence-electron chi connectivity index (χ1n) is 21.7. The Morgan fingerprint density at radius 1 is 0.662 bits per heavy atom. The topological polar surface area (TPSA) is 174 Å². The molecule has 1 N–H and O–H groups in total. The highest BCUT2D eigenvalue weighted by Gasteiger charge is 2.44. The van der Waals surface area contributed by atoms with Crippen molar-refractivity contribution in [2.45, 2.75) is 45.6 Å². The van der Waals surface area contributed by atoms with Crippen LogP contribution in [0.25, 0.3) is 10.2 Å². The van der Waals surface area contributed by atoms with Gasteiger partial charge in [-0.3, -0.25) is 14.6 Å². The molecule has 7 rings (SSSR count). The van der Waals surface area contributed by atoms with Gasteiger partial charge in [-0.25, -0.2) is 19.4 Å². The number of halogens is 1. The average Bonchev–Trinajstić information content (AvgIpc) is 4.00. The second kappa shape index (κ2) is 24.2. The largest absolute Gasteiger partial charge is 1.00 e. The third kappa shape index (κ3) is 13.1. The number of aliphatic imine (C=N–C) groups is 1. The third-order valence-electron chi connectivity index (χ3n) is 10.8. The van der Waals surface area contributed by atoms with Gasteiger partial charge in [0.1, 0.15) is 44.7 Å². The molecule has 0 saturated carbocycles. The average molecular weight is 1040 g/mol. The van der Waals surface area contributed by atoms with Crippen LogP contribution in [0.4, 0.5) is 9.59 Å². The molecule has 0 radical (unpaired) electrons. The smallest absolute Gasteiger partial charge is 0.415 e. The first-order chi connectivity index (χ1) is 32.4. The molecule has 2 heterocycles. The zero-order chi connectivity index (χ0) is 47.3. The monoisotopic (exact) mass is 1040 g/mol. The molecule has 68 heavy (non-hydrogen) atoms. The van der Waals surface area contributed by atoms with Crippen molar-refractivity contribution in [3.8, 4) is 23.0 Å². The molecule has 1 atom stereocenters. The highest BCUT2D eigenvalue weighted by atomic mass is 79.9. The van der Waals surface area contributed by atoms with E-state index < -0.39 is 43.4 Å². The number of esters is 2. The zero-order valence-corrected chi connectivity index (χ0v) is 41.7.